The third kappa shape index (κ3) is 4.49. The molecule has 1 atom stereocenters. The number of benzene rings is 2. The molecule has 0 aromatic heterocycles. The minimum atomic E-state index is -4.67. The molecule has 0 saturated carbocycles. The van der Waals surface area contributed by atoms with Crippen LogP contribution in [0.5, 0.6) is 0 Å². The Bertz CT molecular complexity index is 896. The van der Waals surface area contributed by atoms with Crippen LogP contribution in [0.15, 0.2) is 42.5 Å². The first-order valence-electron chi connectivity index (χ1n) is 8.78. The van der Waals surface area contributed by atoms with Gasteiger partial charge in [0.25, 0.3) is 5.91 Å². The highest BCUT2D eigenvalue weighted by molar-refractivity contribution is 5.97. The fraction of sp³-hybridized carbons (Fsp3) is 0.300. The summed E-state index contributed by atoms with van der Waals surface area (Å²) < 4.78 is 52.5. The molecule has 0 spiro atoms. The summed E-state index contributed by atoms with van der Waals surface area (Å²) in [5.74, 6) is -1.95. The van der Waals surface area contributed by atoms with Crippen LogP contribution in [0.2, 0.25) is 0 Å². The van der Waals surface area contributed by atoms with Crippen molar-refractivity contribution in [2.24, 2.45) is 0 Å². The Morgan fingerprint density at radius 1 is 1.11 bits per heavy atom. The van der Waals surface area contributed by atoms with Crippen molar-refractivity contribution in [3.05, 3.63) is 70.5 Å². The molecule has 2 N–H and O–H groups in total. The molecule has 1 aliphatic rings. The first-order chi connectivity index (χ1) is 13.3. The van der Waals surface area contributed by atoms with Crippen LogP contribution in [0.4, 0.5) is 17.6 Å². The fourth-order valence-electron chi connectivity index (χ4n) is 3.35. The zero-order valence-electron chi connectivity index (χ0n) is 14.8. The van der Waals surface area contributed by atoms with Gasteiger partial charge in [-0.2, -0.15) is 13.2 Å². The van der Waals surface area contributed by atoms with E-state index in [-0.39, 0.29) is 0 Å². The van der Waals surface area contributed by atoms with Crippen molar-refractivity contribution in [1.82, 2.24) is 10.6 Å². The minimum absolute atomic E-state index is 0.397. The molecule has 2 amide bonds. The van der Waals surface area contributed by atoms with Gasteiger partial charge in [0.15, 0.2) is 0 Å². The number of alkyl halides is 3. The van der Waals surface area contributed by atoms with E-state index in [1.165, 1.54) is 24.3 Å². The Balaban J connectivity index is 1.63. The first kappa shape index (κ1) is 19.9. The maximum absolute atomic E-state index is 13.5. The lowest BCUT2D eigenvalue weighted by atomic mass is 9.87. The van der Waals surface area contributed by atoms with Gasteiger partial charge in [0.05, 0.1) is 23.7 Å². The minimum Gasteiger partial charge on any atom is -0.348 e. The molecule has 3 rings (SSSR count). The molecule has 2 aromatic carbocycles. The molecule has 4 nitrogen and oxygen atoms in total. The summed E-state index contributed by atoms with van der Waals surface area (Å²) in [6.45, 7) is -0.480. The first-order valence-corrected chi connectivity index (χ1v) is 8.78. The number of fused-ring (bicyclic) bond motifs is 1. The highest BCUT2D eigenvalue weighted by Crippen LogP contribution is 2.32. The van der Waals surface area contributed by atoms with E-state index in [9.17, 15) is 27.2 Å². The summed E-state index contributed by atoms with van der Waals surface area (Å²) in [5, 5.41) is 4.92. The second-order valence-electron chi connectivity index (χ2n) is 6.58. The van der Waals surface area contributed by atoms with Gasteiger partial charge < -0.3 is 10.6 Å². The van der Waals surface area contributed by atoms with Gasteiger partial charge in [0.2, 0.25) is 5.91 Å². The number of amides is 2. The van der Waals surface area contributed by atoms with Gasteiger partial charge >= 0.3 is 6.18 Å². The van der Waals surface area contributed by atoms with Crippen molar-refractivity contribution in [1.29, 1.82) is 0 Å². The van der Waals surface area contributed by atoms with Crippen LogP contribution in [0.25, 0.3) is 0 Å². The number of hydrogen-bond acceptors (Lipinski definition) is 2. The van der Waals surface area contributed by atoms with Crippen molar-refractivity contribution in [3.63, 3.8) is 0 Å². The number of nitrogens with one attached hydrogen (secondary N) is 2. The summed E-state index contributed by atoms with van der Waals surface area (Å²) in [4.78, 5) is 24.3. The molecule has 0 bridgehead atoms. The normalized spacial score (nSPS) is 16.2. The van der Waals surface area contributed by atoms with Crippen molar-refractivity contribution >= 4 is 11.8 Å². The highest BCUT2D eigenvalue weighted by atomic mass is 19.4. The zero-order chi connectivity index (χ0) is 20.3. The average molecular weight is 394 g/mol. The lowest BCUT2D eigenvalue weighted by molar-refractivity contribution is -0.137. The number of carbonyl (C=O) groups is 2. The van der Waals surface area contributed by atoms with E-state index in [2.05, 4.69) is 10.6 Å². The second kappa shape index (κ2) is 8.00. The summed E-state index contributed by atoms with van der Waals surface area (Å²) in [6.07, 6.45) is -2.46. The number of carbonyl (C=O) groups excluding carboxylic acids is 2. The van der Waals surface area contributed by atoms with Crippen LogP contribution in [0, 0.1) is 5.82 Å². The van der Waals surface area contributed by atoms with Gasteiger partial charge in [-0.1, -0.05) is 18.2 Å². The Morgan fingerprint density at radius 3 is 2.61 bits per heavy atom. The van der Waals surface area contributed by atoms with Gasteiger partial charge in [0.1, 0.15) is 5.82 Å². The molecule has 0 unspecified atom stereocenters. The lowest BCUT2D eigenvalue weighted by Gasteiger charge is -2.26. The number of rotatable bonds is 4. The van der Waals surface area contributed by atoms with E-state index in [4.69, 9.17) is 0 Å². The molecular weight excluding hydrogens is 376 g/mol. The van der Waals surface area contributed by atoms with E-state index < -0.39 is 47.5 Å². The van der Waals surface area contributed by atoms with E-state index in [1.54, 1.807) is 6.07 Å². The van der Waals surface area contributed by atoms with E-state index in [1.807, 2.05) is 0 Å². The Kier molecular flexibility index (Phi) is 5.67. The molecule has 8 heteroatoms. The maximum atomic E-state index is 13.5. The molecule has 1 aliphatic carbocycles. The van der Waals surface area contributed by atoms with Gasteiger partial charge in [-0.15, -0.1) is 0 Å². The van der Waals surface area contributed by atoms with Crippen LogP contribution in [-0.2, 0) is 17.4 Å². The SMILES string of the molecule is O=C(CNC(=O)c1ccccc1C(F)(F)F)N[C@H]1CCCc2ccc(F)cc21. The number of halogens is 4. The van der Waals surface area contributed by atoms with Gasteiger partial charge in [0, 0.05) is 0 Å². The van der Waals surface area contributed by atoms with Crippen LogP contribution >= 0.6 is 0 Å². The van der Waals surface area contributed by atoms with Crippen LogP contribution < -0.4 is 10.6 Å². The van der Waals surface area contributed by atoms with Gasteiger partial charge in [-0.25, -0.2) is 4.39 Å². The molecule has 0 heterocycles. The van der Waals surface area contributed by atoms with Crippen molar-refractivity contribution in [3.8, 4) is 0 Å². The molecule has 0 saturated heterocycles. The van der Waals surface area contributed by atoms with Crippen LogP contribution in [0.3, 0.4) is 0 Å². The molecule has 148 valence electrons. The average Bonchev–Trinajstić information content (AvgIpc) is 2.66. The van der Waals surface area contributed by atoms with Gasteiger partial charge in [-0.3, -0.25) is 9.59 Å². The van der Waals surface area contributed by atoms with E-state index in [0.717, 1.165) is 30.5 Å². The van der Waals surface area contributed by atoms with E-state index in [0.29, 0.717) is 12.0 Å². The van der Waals surface area contributed by atoms with Crippen molar-refractivity contribution < 1.29 is 27.2 Å². The molecule has 28 heavy (non-hydrogen) atoms. The summed E-state index contributed by atoms with van der Waals surface area (Å²) >= 11 is 0. The monoisotopic (exact) mass is 394 g/mol. The van der Waals surface area contributed by atoms with Crippen molar-refractivity contribution in [2.45, 2.75) is 31.5 Å². The zero-order valence-corrected chi connectivity index (χ0v) is 14.8. The Morgan fingerprint density at radius 2 is 1.86 bits per heavy atom. The highest BCUT2D eigenvalue weighted by Gasteiger charge is 2.34. The fourth-order valence-corrected chi connectivity index (χ4v) is 3.35. The predicted octanol–water partition coefficient (Wildman–Crippen LogP) is 3.77. The van der Waals surface area contributed by atoms with Gasteiger partial charge in [-0.05, 0) is 54.7 Å². The summed E-state index contributed by atoms with van der Waals surface area (Å²) in [5.41, 5.74) is 0.0203. The van der Waals surface area contributed by atoms with Crippen LogP contribution in [-0.4, -0.2) is 18.4 Å². The van der Waals surface area contributed by atoms with E-state index >= 15 is 0 Å². The number of hydrogen-bond donors (Lipinski definition) is 2. The molecule has 2 aromatic rings. The number of aryl methyl sites for hydroxylation is 1. The van der Waals surface area contributed by atoms with Crippen molar-refractivity contribution in [2.75, 3.05) is 6.54 Å². The lowest BCUT2D eigenvalue weighted by Crippen LogP contribution is -2.40. The Labute approximate surface area is 158 Å². The molecule has 0 radical (unpaired) electrons. The summed E-state index contributed by atoms with van der Waals surface area (Å²) in [7, 11) is 0. The second-order valence-corrected chi connectivity index (χ2v) is 6.58. The smallest absolute Gasteiger partial charge is 0.348 e. The third-order valence-electron chi connectivity index (χ3n) is 4.64. The molecular formula is C20H18F4N2O2. The standard InChI is InChI=1S/C20H18F4N2O2/c21-13-9-8-12-4-3-7-17(15(12)10-13)26-18(27)11-25-19(28)14-5-1-2-6-16(14)20(22,23)24/h1-2,5-6,8-10,17H,3-4,7,11H2,(H,25,28)(H,26,27)/t17-/m0/s1. The largest absolute Gasteiger partial charge is 0.417 e. The Hall–Kier alpha value is -2.90. The maximum Gasteiger partial charge on any atom is 0.417 e. The topological polar surface area (TPSA) is 58.2 Å². The quantitative estimate of drug-likeness (QED) is 0.776. The molecule has 0 aliphatic heterocycles. The predicted molar refractivity (Wildman–Crippen MR) is 94.0 cm³/mol. The summed E-state index contributed by atoms with van der Waals surface area (Å²) in [6, 6.07) is 8.38. The van der Waals surface area contributed by atoms with Crippen LogP contribution in [0.1, 0.15) is 45.9 Å². The third-order valence-corrected chi connectivity index (χ3v) is 4.64. The molecule has 0 fully saturated rings.